The first kappa shape index (κ1) is 19.9. The molecule has 2 atom stereocenters. The summed E-state index contributed by atoms with van der Waals surface area (Å²) in [5, 5.41) is 0. The van der Waals surface area contributed by atoms with Crippen LogP contribution in [-0.2, 0) is 10.8 Å². The minimum absolute atomic E-state index is 0.211. The van der Waals surface area contributed by atoms with Crippen molar-refractivity contribution in [2.45, 2.75) is 89.9 Å². The first-order valence-electron chi connectivity index (χ1n) is 11.8. The summed E-state index contributed by atoms with van der Waals surface area (Å²) in [6, 6.07) is 14.5. The van der Waals surface area contributed by atoms with Crippen LogP contribution in [0.25, 0.3) is 12.2 Å². The molecule has 2 aromatic rings. The molecule has 2 aromatic carbocycles. The Labute approximate surface area is 183 Å². The quantitative estimate of drug-likeness (QED) is 0.418. The van der Waals surface area contributed by atoms with Crippen molar-refractivity contribution < 1.29 is 0 Å². The van der Waals surface area contributed by atoms with Crippen molar-refractivity contribution >= 4 is 12.2 Å². The third-order valence-corrected chi connectivity index (χ3v) is 7.68. The monoisotopic (exact) mass is 396 g/mol. The van der Waals surface area contributed by atoms with Crippen LogP contribution in [0, 0.1) is 0 Å². The Morgan fingerprint density at radius 3 is 1.37 bits per heavy atom. The molecule has 0 aromatic heterocycles. The molecule has 156 valence electrons. The smallest absolute Gasteiger partial charge is 0.00579 e. The van der Waals surface area contributed by atoms with E-state index in [4.69, 9.17) is 0 Å². The minimum Gasteiger partial charge on any atom is -0.0618 e. The van der Waals surface area contributed by atoms with Crippen LogP contribution in [-0.4, -0.2) is 0 Å². The topological polar surface area (TPSA) is 0 Å². The van der Waals surface area contributed by atoms with Gasteiger partial charge in [0.05, 0.1) is 0 Å². The lowest BCUT2D eigenvalue weighted by atomic mass is 9.77. The van der Waals surface area contributed by atoms with Gasteiger partial charge in [0.25, 0.3) is 0 Å². The van der Waals surface area contributed by atoms with Gasteiger partial charge in [-0.3, -0.25) is 0 Å². The van der Waals surface area contributed by atoms with Crippen molar-refractivity contribution in [3.63, 3.8) is 0 Å². The fraction of sp³-hybridized carbons (Fsp3) is 0.467. The van der Waals surface area contributed by atoms with Gasteiger partial charge in [0, 0.05) is 11.8 Å². The summed E-state index contributed by atoms with van der Waals surface area (Å²) in [5.74, 6) is 1.25. The van der Waals surface area contributed by atoms with Gasteiger partial charge < -0.3 is 0 Å². The average Bonchev–Trinajstić information content (AvgIpc) is 3.17. The number of hydrogen-bond donors (Lipinski definition) is 0. The Morgan fingerprint density at radius 2 is 1.00 bits per heavy atom. The zero-order valence-corrected chi connectivity index (χ0v) is 19.6. The average molecular weight is 397 g/mol. The van der Waals surface area contributed by atoms with E-state index in [2.05, 4.69) is 90.1 Å². The van der Waals surface area contributed by atoms with Gasteiger partial charge >= 0.3 is 0 Å². The maximum absolute atomic E-state index is 2.52. The highest BCUT2D eigenvalue weighted by atomic mass is 14.4. The molecule has 5 rings (SSSR count). The van der Waals surface area contributed by atoms with Crippen molar-refractivity contribution in [1.82, 2.24) is 0 Å². The van der Waals surface area contributed by atoms with Crippen LogP contribution in [0.2, 0.25) is 0 Å². The summed E-state index contributed by atoms with van der Waals surface area (Å²) in [4.78, 5) is 0. The number of allylic oxidation sites excluding steroid dienone is 2. The lowest BCUT2D eigenvalue weighted by Gasteiger charge is -2.28. The second-order valence-electron chi connectivity index (χ2n) is 11.8. The number of fused-ring (bicyclic) bond motifs is 6. The van der Waals surface area contributed by atoms with Gasteiger partial charge in [-0.1, -0.05) is 101 Å². The molecule has 0 bridgehead atoms. The summed E-state index contributed by atoms with van der Waals surface area (Å²) in [6.45, 7) is 14.0. The highest BCUT2D eigenvalue weighted by molar-refractivity contribution is 5.70. The molecule has 0 spiro atoms. The van der Waals surface area contributed by atoms with Crippen molar-refractivity contribution in [3.05, 3.63) is 80.9 Å². The molecule has 0 nitrogen and oxygen atoms in total. The predicted molar refractivity (Wildman–Crippen MR) is 130 cm³/mol. The molecule has 0 amide bonds. The Balaban J connectivity index is 1.47. The Bertz CT molecular complexity index is 975. The number of benzene rings is 2. The molecule has 3 aliphatic rings. The number of rotatable bonds is 0. The standard InChI is InChI=1S/C30H36/c1-29(2,3)23-11-9-21-15-19-7-8-20-16-22-10-12-24(30(4,5)6)18-28(22)26(20)14-13-25(19)27(21)17-23/h9-12,15-18,25-26H,7-8,13-14H2,1-6H3. The van der Waals surface area contributed by atoms with Crippen molar-refractivity contribution in [1.29, 1.82) is 0 Å². The maximum atomic E-state index is 2.52. The second kappa shape index (κ2) is 6.71. The summed E-state index contributed by atoms with van der Waals surface area (Å²) < 4.78 is 0. The zero-order valence-electron chi connectivity index (χ0n) is 19.6. The Morgan fingerprint density at radius 1 is 0.600 bits per heavy atom. The highest BCUT2D eigenvalue weighted by Gasteiger charge is 2.33. The molecule has 2 unspecified atom stereocenters. The van der Waals surface area contributed by atoms with E-state index in [1.54, 1.807) is 22.3 Å². The summed E-state index contributed by atoms with van der Waals surface area (Å²) in [7, 11) is 0. The van der Waals surface area contributed by atoms with Crippen LogP contribution in [0.3, 0.4) is 0 Å². The molecule has 3 aliphatic carbocycles. The van der Waals surface area contributed by atoms with Gasteiger partial charge in [0.15, 0.2) is 0 Å². The predicted octanol–water partition coefficient (Wildman–Crippen LogP) is 8.52. The van der Waals surface area contributed by atoms with Crippen LogP contribution in [0.4, 0.5) is 0 Å². The normalized spacial score (nSPS) is 22.9. The van der Waals surface area contributed by atoms with Gasteiger partial charge in [-0.2, -0.15) is 0 Å². The van der Waals surface area contributed by atoms with Gasteiger partial charge in [0.1, 0.15) is 0 Å². The van der Waals surface area contributed by atoms with E-state index in [0.717, 1.165) is 0 Å². The molecule has 30 heavy (non-hydrogen) atoms. The van der Waals surface area contributed by atoms with E-state index in [0.29, 0.717) is 11.8 Å². The van der Waals surface area contributed by atoms with Crippen molar-refractivity contribution in [2.75, 3.05) is 0 Å². The third kappa shape index (κ3) is 3.29. The molecule has 0 heteroatoms. The second-order valence-corrected chi connectivity index (χ2v) is 11.8. The van der Waals surface area contributed by atoms with Crippen molar-refractivity contribution in [2.24, 2.45) is 0 Å². The molecule has 0 aliphatic heterocycles. The third-order valence-electron chi connectivity index (χ3n) is 7.68. The Kier molecular flexibility index (Phi) is 4.44. The van der Waals surface area contributed by atoms with Crippen LogP contribution >= 0.6 is 0 Å². The lowest BCUT2D eigenvalue weighted by Crippen LogP contribution is -2.14. The maximum Gasteiger partial charge on any atom is 0.00579 e. The number of hydrogen-bond acceptors (Lipinski definition) is 0. The van der Waals surface area contributed by atoms with E-state index >= 15 is 0 Å². The lowest BCUT2D eigenvalue weighted by molar-refractivity contribution is 0.554. The molecule has 0 saturated heterocycles. The first-order valence-corrected chi connectivity index (χ1v) is 11.8. The fourth-order valence-corrected chi connectivity index (χ4v) is 5.75. The van der Waals surface area contributed by atoms with E-state index in [-0.39, 0.29) is 10.8 Å². The van der Waals surface area contributed by atoms with E-state index < -0.39 is 0 Å². The first-order chi connectivity index (χ1) is 14.1. The Hall–Kier alpha value is -2.08. The largest absolute Gasteiger partial charge is 0.0618 e. The van der Waals surface area contributed by atoms with Gasteiger partial charge in [-0.25, -0.2) is 0 Å². The minimum atomic E-state index is 0.211. The van der Waals surface area contributed by atoms with E-state index in [9.17, 15) is 0 Å². The van der Waals surface area contributed by atoms with Crippen LogP contribution in [0.15, 0.2) is 47.5 Å². The SMILES string of the molecule is CC(C)(C)c1ccc2c(c1)C1CCC3C(=Cc4ccc(C(C)(C)C)cc43)CCC1=C2. The summed E-state index contributed by atoms with van der Waals surface area (Å²) in [5.41, 5.74) is 12.8. The molecule has 1 fully saturated rings. The molecule has 0 heterocycles. The fourth-order valence-electron chi connectivity index (χ4n) is 5.75. The summed E-state index contributed by atoms with van der Waals surface area (Å²) >= 11 is 0. The van der Waals surface area contributed by atoms with Gasteiger partial charge in [-0.05, 0) is 69.9 Å². The van der Waals surface area contributed by atoms with Crippen molar-refractivity contribution in [3.8, 4) is 0 Å². The van der Waals surface area contributed by atoms with Gasteiger partial charge in [0.2, 0.25) is 0 Å². The molecular weight excluding hydrogens is 360 g/mol. The van der Waals surface area contributed by atoms with Crippen LogP contribution in [0.5, 0.6) is 0 Å². The highest BCUT2D eigenvalue weighted by Crippen LogP contribution is 2.51. The van der Waals surface area contributed by atoms with Crippen LogP contribution in [0.1, 0.15) is 112 Å². The van der Waals surface area contributed by atoms with E-state index in [1.807, 2.05) is 0 Å². The zero-order chi connectivity index (χ0) is 21.3. The van der Waals surface area contributed by atoms with Gasteiger partial charge in [-0.15, -0.1) is 0 Å². The molecule has 1 saturated carbocycles. The molecule has 0 radical (unpaired) electrons. The molecule has 0 N–H and O–H groups in total. The van der Waals surface area contributed by atoms with Crippen LogP contribution < -0.4 is 0 Å². The van der Waals surface area contributed by atoms with E-state index in [1.165, 1.54) is 47.9 Å². The molecular formula is C30H36. The summed E-state index contributed by atoms with van der Waals surface area (Å²) in [6.07, 6.45) is 9.99.